The largest absolute Gasteiger partial charge is 0.443 e. The summed E-state index contributed by atoms with van der Waals surface area (Å²) in [6, 6.07) is 6.56. The van der Waals surface area contributed by atoms with E-state index in [0.29, 0.717) is 4.47 Å². The van der Waals surface area contributed by atoms with Gasteiger partial charge in [0.15, 0.2) is 0 Å². The molecule has 0 fully saturated rings. The Balaban J connectivity index is 2.57. The lowest BCUT2D eigenvalue weighted by Crippen LogP contribution is -2.27. The molecular formula is C16H15BrF3NO2. The Morgan fingerprint density at radius 2 is 1.78 bits per heavy atom. The predicted octanol–water partition coefficient (Wildman–Crippen LogP) is 5.72. The molecule has 2 aromatic rings. The third-order valence-electron chi connectivity index (χ3n) is 2.89. The Bertz CT molecular complexity index is 730. The maximum absolute atomic E-state index is 13.2. The van der Waals surface area contributed by atoms with Gasteiger partial charge in [-0.15, -0.1) is 0 Å². The highest BCUT2D eigenvalue weighted by Gasteiger charge is 2.34. The number of rotatable bonds is 1. The van der Waals surface area contributed by atoms with Crippen LogP contribution in [0.2, 0.25) is 0 Å². The van der Waals surface area contributed by atoms with Gasteiger partial charge in [-0.25, -0.2) is 4.79 Å². The summed E-state index contributed by atoms with van der Waals surface area (Å²) in [5.74, 6) is 0. The van der Waals surface area contributed by atoms with Crippen LogP contribution in [0.3, 0.4) is 0 Å². The monoisotopic (exact) mass is 389 g/mol. The second-order valence-corrected chi connectivity index (χ2v) is 6.85. The van der Waals surface area contributed by atoms with Crippen LogP contribution in [0.15, 0.2) is 41.0 Å². The Labute approximate surface area is 140 Å². The minimum Gasteiger partial charge on any atom is -0.443 e. The van der Waals surface area contributed by atoms with Crippen LogP contribution in [0.4, 0.5) is 18.0 Å². The second-order valence-electron chi connectivity index (χ2n) is 5.94. The maximum Gasteiger partial charge on any atom is 0.419 e. The van der Waals surface area contributed by atoms with Crippen molar-refractivity contribution in [1.29, 1.82) is 0 Å². The standard InChI is InChI=1S/C16H15BrF3NO2/c1-15(2,3)23-14(22)21-9-10(17)8-13(21)11-6-4-5-7-12(11)16(18,19)20/h4-9H,1-3H3. The lowest BCUT2D eigenvalue weighted by molar-refractivity contribution is -0.137. The van der Waals surface area contributed by atoms with Crippen molar-refractivity contribution in [2.75, 3.05) is 0 Å². The fraction of sp³-hybridized carbons (Fsp3) is 0.312. The molecule has 0 N–H and O–H groups in total. The number of carbonyl (C=O) groups excluding carboxylic acids is 1. The number of carbonyl (C=O) groups is 1. The summed E-state index contributed by atoms with van der Waals surface area (Å²) in [4.78, 5) is 12.3. The number of alkyl halides is 3. The van der Waals surface area contributed by atoms with Crippen molar-refractivity contribution in [1.82, 2.24) is 4.57 Å². The molecule has 2 rings (SSSR count). The first-order valence-electron chi connectivity index (χ1n) is 6.77. The van der Waals surface area contributed by atoms with Gasteiger partial charge in [0.05, 0.1) is 11.3 Å². The van der Waals surface area contributed by atoms with Gasteiger partial charge >= 0.3 is 12.3 Å². The molecular weight excluding hydrogens is 375 g/mol. The molecule has 1 heterocycles. The molecule has 1 aromatic carbocycles. The highest BCUT2D eigenvalue weighted by Crippen LogP contribution is 2.38. The molecule has 1 aromatic heterocycles. The average Bonchev–Trinajstić information content (AvgIpc) is 2.78. The highest BCUT2D eigenvalue weighted by molar-refractivity contribution is 9.10. The summed E-state index contributed by atoms with van der Waals surface area (Å²) >= 11 is 3.19. The fourth-order valence-corrected chi connectivity index (χ4v) is 2.48. The lowest BCUT2D eigenvalue weighted by Gasteiger charge is -2.21. The first-order valence-corrected chi connectivity index (χ1v) is 7.56. The number of benzene rings is 1. The molecule has 0 amide bonds. The van der Waals surface area contributed by atoms with Crippen LogP contribution >= 0.6 is 15.9 Å². The number of halogens is 4. The van der Waals surface area contributed by atoms with E-state index in [2.05, 4.69) is 15.9 Å². The van der Waals surface area contributed by atoms with E-state index in [1.807, 2.05) is 0 Å². The van der Waals surface area contributed by atoms with E-state index in [9.17, 15) is 18.0 Å². The van der Waals surface area contributed by atoms with Crippen LogP contribution in [0.5, 0.6) is 0 Å². The van der Waals surface area contributed by atoms with Gasteiger partial charge < -0.3 is 4.74 Å². The van der Waals surface area contributed by atoms with Gasteiger partial charge in [0.25, 0.3) is 0 Å². The molecule has 0 saturated heterocycles. The normalized spacial score (nSPS) is 12.3. The Kier molecular flexibility index (Phi) is 4.61. The minimum atomic E-state index is -4.52. The zero-order valence-electron chi connectivity index (χ0n) is 12.7. The van der Waals surface area contributed by atoms with Gasteiger partial charge in [-0.2, -0.15) is 13.2 Å². The average molecular weight is 390 g/mol. The van der Waals surface area contributed by atoms with Crippen LogP contribution < -0.4 is 0 Å². The van der Waals surface area contributed by atoms with Gasteiger partial charge in [-0.05, 0) is 48.8 Å². The van der Waals surface area contributed by atoms with E-state index >= 15 is 0 Å². The van der Waals surface area contributed by atoms with Gasteiger partial charge in [0, 0.05) is 16.2 Å². The van der Waals surface area contributed by atoms with Gasteiger partial charge in [0.2, 0.25) is 0 Å². The molecule has 7 heteroatoms. The molecule has 0 bridgehead atoms. The topological polar surface area (TPSA) is 31.2 Å². The SMILES string of the molecule is CC(C)(C)OC(=O)n1cc(Br)cc1-c1ccccc1C(F)(F)F. The molecule has 0 saturated carbocycles. The van der Waals surface area contributed by atoms with E-state index in [4.69, 9.17) is 4.74 Å². The van der Waals surface area contributed by atoms with Crippen molar-refractivity contribution in [3.05, 3.63) is 46.6 Å². The van der Waals surface area contributed by atoms with Gasteiger partial charge in [-0.1, -0.05) is 18.2 Å². The quantitative estimate of drug-likeness (QED) is 0.624. The Morgan fingerprint density at radius 1 is 1.17 bits per heavy atom. The molecule has 0 atom stereocenters. The number of hydrogen-bond acceptors (Lipinski definition) is 2. The number of nitrogens with zero attached hydrogens (tertiary/aromatic N) is 1. The number of ether oxygens (including phenoxy) is 1. The molecule has 124 valence electrons. The van der Waals surface area contributed by atoms with Crippen LogP contribution in [-0.2, 0) is 10.9 Å². The smallest absolute Gasteiger partial charge is 0.419 e. The van der Waals surface area contributed by atoms with Crippen molar-refractivity contribution < 1.29 is 22.7 Å². The van der Waals surface area contributed by atoms with Crippen LogP contribution in [0.25, 0.3) is 11.3 Å². The molecule has 0 spiro atoms. The van der Waals surface area contributed by atoms with Crippen LogP contribution in [0.1, 0.15) is 26.3 Å². The van der Waals surface area contributed by atoms with Crippen molar-refractivity contribution in [3.63, 3.8) is 0 Å². The molecule has 0 aliphatic heterocycles. The van der Waals surface area contributed by atoms with E-state index in [0.717, 1.165) is 10.6 Å². The van der Waals surface area contributed by atoms with Gasteiger partial charge in [0.1, 0.15) is 5.60 Å². The van der Waals surface area contributed by atoms with E-state index < -0.39 is 23.4 Å². The zero-order chi connectivity index (χ0) is 17.4. The van der Waals surface area contributed by atoms with Crippen LogP contribution in [-0.4, -0.2) is 16.3 Å². The van der Waals surface area contributed by atoms with Crippen molar-refractivity contribution in [3.8, 4) is 11.3 Å². The molecule has 23 heavy (non-hydrogen) atoms. The lowest BCUT2D eigenvalue weighted by atomic mass is 10.0. The number of aromatic nitrogens is 1. The minimum absolute atomic E-state index is 0.0865. The van der Waals surface area contributed by atoms with Crippen molar-refractivity contribution in [2.24, 2.45) is 0 Å². The Hall–Kier alpha value is -1.76. The fourth-order valence-electron chi connectivity index (χ4n) is 2.05. The first kappa shape index (κ1) is 17.6. The molecule has 0 aliphatic rings. The summed E-state index contributed by atoms with van der Waals surface area (Å²) in [6.07, 6.45) is -3.88. The van der Waals surface area contributed by atoms with E-state index in [1.54, 1.807) is 20.8 Å². The maximum atomic E-state index is 13.2. The van der Waals surface area contributed by atoms with Crippen LogP contribution in [0, 0.1) is 0 Å². The molecule has 0 unspecified atom stereocenters. The summed E-state index contributed by atoms with van der Waals surface area (Å²) < 4.78 is 46.4. The van der Waals surface area contributed by atoms with Gasteiger partial charge in [-0.3, -0.25) is 4.57 Å². The third kappa shape index (κ3) is 4.16. The van der Waals surface area contributed by atoms with Crippen molar-refractivity contribution >= 4 is 22.0 Å². The molecule has 3 nitrogen and oxygen atoms in total. The Morgan fingerprint density at radius 3 is 2.35 bits per heavy atom. The molecule has 0 aliphatic carbocycles. The van der Waals surface area contributed by atoms with E-state index in [1.165, 1.54) is 30.5 Å². The third-order valence-corrected chi connectivity index (χ3v) is 3.32. The summed E-state index contributed by atoms with van der Waals surface area (Å²) in [7, 11) is 0. The molecule has 0 radical (unpaired) electrons. The predicted molar refractivity (Wildman–Crippen MR) is 84.2 cm³/mol. The summed E-state index contributed by atoms with van der Waals surface area (Å²) in [6.45, 7) is 5.06. The van der Waals surface area contributed by atoms with E-state index in [-0.39, 0.29) is 11.3 Å². The van der Waals surface area contributed by atoms with Crippen molar-refractivity contribution in [2.45, 2.75) is 32.5 Å². The summed E-state index contributed by atoms with van der Waals surface area (Å²) in [5, 5.41) is 0. The first-order chi connectivity index (χ1) is 10.5. The summed E-state index contributed by atoms with van der Waals surface area (Å²) in [5.41, 5.74) is -1.54. The zero-order valence-corrected chi connectivity index (χ0v) is 14.3. The number of hydrogen-bond donors (Lipinski definition) is 0. The highest BCUT2D eigenvalue weighted by atomic mass is 79.9. The second kappa shape index (κ2) is 6.03.